The summed E-state index contributed by atoms with van der Waals surface area (Å²) in [6.45, 7) is 9.43. The van der Waals surface area contributed by atoms with Gasteiger partial charge in [-0.1, -0.05) is 18.7 Å². The number of H-pyrrole nitrogens is 1. The summed E-state index contributed by atoms with van der Waals surface area (Å²) in [6, 6.07) is 0. The Kier molecular flexibility index (Phi) is 1.71. The van der Waals surface area contributed by atoms with E-state index < -0.39 is 0 Å². The molecule has 0 aliphatic rings. The molecule has 1 aromatic heterocycles. The number of nitrogens with zero attached hydrogens (tertiary/aromatic N) is 1. The first-order valence-corrected chi connectivity index (χ1v) is 3.05. The Bertz CT molecular complexity index is 332. The van der Waals surface area contributed by atoms with Crippen molar-refractivity contribution in [3.05, 3.63) is 28.9 Å². The SMILES string of the molecule is C=C(C)/C=c1/cn[nH]c1=C. The summed E-state index contributed by atoms with van der Waals surface area (Å²) in [5.74, 6) is 0. The number of aromatic amines is 1. The second-order valence-corrected chi connectivity index (χ2v) is 2.29. The summed E-state index contributed by atoms with van der Waals surface area (Å²) in [4.78, 5) is 0. The minimum absolute atomic E-state index is 0.836. The predicted molar refractivity (Wildman–Crippen MR) is 42.6 cm³/mol. The average Bonchev–Trinajstić information content (AvgIpc) is 2.15. The standard InChI is InChI=1S/C8H10N2/c1-6(2)4-8-5-9-10-7(8)3/h4-5,10H,1,3H2,2H3/b8-4-. The van der Waals surface area contributed by atoms with Crippen LogP contribution in [0.1, 0.15) is 6.92 Å². The zero-order valence-corrected chi connectivity index (χ0v) is 6.02. The number of allylic oxidation sites excluding steroid dienone is 1. The topological polar surface area (TPSA) is 28.7 Å². The maximum atomic E-state index is 3.81. The second-order valence-electron chi connectivity index (χ2n) is 2.29. The first-order chi connectivity index (χ1) is 4.70. The molecule has 0 unspecified atom stereocenters. The summed E-state index contributed by atoms with van der Waals surface area (Å²) >= 11 is 0. The number of aromatic nitrogens is 2. The third-order valence-corrected chi connectivity index (χ3v) is 1.15. The number of rotatable bonds is 1. The minimum atomic E-state index is 0.836. The summed E-state index contributed by atoms with van der Waals surface area (Å²) in [5.41, 5.74) is 1.01. The lowest BCUT2D eigenvalue weighted by Crippen LogP contribution is -2.19. The Hall–Kier alpha value is -1.31. The molecule has 0 amide bonds. The molecule has 2 heteroatoms. The molecule has 0 saturated carbocycles. The van der Waals surface area contributed by atoms with Crippen LogP contribution < -0.4 is 10.6 Å². The second kappa shape index (κ2) is 2.52. The fourth-order valence-electron chi connectivity index (χ4n) is 0.712. The van der Waals surface area contributed by atoms with Gasteiger partial charge in [0, 0.05) is 5.22 Å². The molecule has 1 heterocycles. The van der Waals surface area contributed by atoms with Crippen LogP contribution >= 0.6 is 0 Å². The first kappa shape index (κ1) is 6.81. The van der Waals surface area contributed by atoms with Crippen molar-refractivity contribution in [2.75, 3.05) is 0 Å². The number of hydrogen-bond donors (Lipinski definition) is 1. The highest BCUT2D eigenvalue weighted by molar-refractivity contribution is 5.42. The Balaban J connectivity index is 3.29. The molecule has 0 aliphatic carbocycles. The van der Waals surface area contributed by atoms with Crippen molar-refractivity contribution < 1.29 is 0 Å². The maximum absolute atomic E-state index is 3.81. The van der Waals surface area contributed by atoms with Crippen LogP contribution in [0.15, 0.2) is 18.3 Å². The molecule has 0 bridgehead atoms. The van der Waals surface area contributed by atoms with Crippen molar-refractivity contribution in [1.29, 1.82) is 0 Å². The van der Waals surface area contributed by atoms with E-state index in [0.717, 1.165) is 16.1 Å². The summed E-state index contributed by atoms with van der Waals surface area (Å²) in [7, 11) is 0. The maximum Gasteiger partial charge on any atom is 0.0578 e. The van der Waals surface area contributed by atoms with Gasteiger partial charge in [0.2, 0.25) is 0 Å². The molecule has 1 N–H and O–H groups in total. The Morgan fingerprint density at radius 1 is 1.80 bits per heavy atom. The van der Waals surface area contributed by atoms with Gasteiger partial charge in [-0.3, -0.25) is 5.10 Å². The Morgan fingerprint density at radius 3 is 2.90 bits per heavy atom. The highest BCUT2D eigenvalue weighted by Gasteiger charge is 1.82. The molecule has 1 aromatic rings. The van der Waals surface area contributed by atoms with Crippen LogP contribution in [-0.4, -0.2) is 10.2 Å². The highest BCUT2D eigenvalue weighted by atomic mass is 15.1. The molecule has 2 nitrogen and oxygen atoms in total. The lowest BCUT2D eigenvalue weighted by molar-refractivity contribution is 1.06. The van der Waals surface area contributed by atoms with Crippen molar-refractivity contribution in [1.82, 2.24) is 10.2 Å². The van der Waals surface area contributed by atoms with E-state index in [1.54, 1.807) is 6.20 Å². The summed E-state index contributed by atoms with van der Waals surface area (Å²) in [5, 5.41) is 8.40. The number of nitrogens with one attached hydrogen (secondary N) is 1. The Labute approximate surface area is 59.6 Å². The quantitative estimate of drug-likeness (QED) is 0.583. The first-order valence-electron chi connectivity index (χ1n) is 3.05. The van der Waals surface area contributed by atoms with Gasteiger partial charge in [0.1, 0.15) is 0 Å². The van der Waals surface area contributed by atoms with Gasteiger partial charge in [-0.15, -0.1) is 0 Å². The van der Waals surface area contributed by atoms with Gasteiger partial charge in [0.05, 0.1) is 11.5 Å². The fourth-order valence-corrected chi connectivity index (χ4v) is 0.712. The van der Waals surface area contributed by atoms with E-state index in [0.29, 0.717) is 0 Å². The van der Waals surface area contributed by atoms with Gasteiger partial charge in [-0.25, -0.2) is 0 Å². The van der Waals surface area contributed by atoms with Crippen LogP contribution in [0.3, 0.4) is 0 Å². The molecule has 0 spiro atoms. The van der Waals surface area contributed by atoms with Crippen LogP contribution in [0.25, 0.3) is 12.7 Å². The van der Waals surface area contributed by atoms with Crippen molar-refractivity contribution >= 4 is 12.7 Å². The summed E-state index contributed by atoms with van der Waals surface area (Å²) < 4.78 is 0. The minimum Gasteiger partial charge on any atom is -0.278 e. The number of hydrogen-bond acceptors (Lipinski definition) is 1. The summed E-state index contributed by atoms with van der Waals surface area (Å²) in [6.07, 6.45) is 3.67. The normalized spacial score (nSPS) is 11.9. The zero-order valence-electron chi connectivity index (χ0n) is 6.02. The van der Waals surface area contributed by atoms with Crippen molar-refractivity contribution in [2.24, 2.45) is 0 Å². The predicted octanol–water partition coefficient (Wildman–Crippen LogP) is 0.177. The van der Waals surface area contributed by atoms with Gasteiger partial charge in [-0.05, 0) is 13.0 Å². The lowest BCUT2D eigenvalue weighted by atomic mass is 10.3. The van der Waals surface area contributed by atoms with Gasteiger partial charge in [0.25, 0.3) is 0 Å². The van der Waals surface area contributed by atoms with Crippen LogP contribution in [0.5, 0.6) is 0 Å². The molecule has 0 radical (unpaired) electrons. The molecule has 0 aromatic carbocycles. The van der Waals surface area contributed by atoms with Crippen molar-refractivity contribution in [2.45, 2.75) is 6.92 Å². The third-order valence-electron chi connectivity index (χ3n) is 1.15. The van der Waals surface area contributed by atoms with Crippen LogP contribution in [0.4, 0.5) is 0 Å². The van der Waals surface area contributed by atoms with Crippen molar-refractivity contribution in [3.63, 3.8) is 0 Å². The molecule has 0 atom stereocenters. The molecular formula is C8H10N2. The fraction of sp³-hybridized carbons (Fsp3) is 0.125. The zero-order chi connectivity index (χ0) is 7.56. The molecule has 0 saturated heterocycles. The van der Waals surface area contributed by atoms with E-state index in [-0.39, 0.29) is 0 Å². The van der Waals surface area contributed by atoms with E-state index in [9.17, 15) is 0 Å². The van der Waals surface area contributed by atoms with Gasteiger partial charge >= 0.3 is 0 Å². The Morgan fingerprint density at radius 2 is 2.50 bits per heavy atom. The van der Waals surface area contributed by atoms with E-state index in [4.69, 9.17) is 0 Å². The molecule has 0 fully saturated rings. The molecule has 0 aliphatic heterocycles. The van der Waals surface area contributed by atoms with E-state index in [2.05, 4.69) is 23.4 Å². The van der Waals surface area contributed by atoms with Crippen molar-refractivity contribution in [3.8, 4) is 0 Å². The molecular weight excluding hydrogens is 124 g/mol. The van der Waals surface area contributed by atoms with E-state index >= 15 is 0 Å². The highest BCUT2D eigenvalue weighted by Crippen LogP contribution is 1.83. The molecule has 10 heavy (non-hydrogen) atoms. The molecule has 52 valence electrons. The third kappa shape index (κ3) is 1.35. The largest absolute Gasteiger partial charge is 0.278 e. The monoisotopic (exact) mass is 134 g/mol. The smallest absolute Gasteiger partial charge is 0.0578 e. The van der Waals surface area contributed by atoms with E-state index in [1.807, 2.05) is 13.0 Å². The lowest BCUT2D eigenvalue weighted by Gasteiger charge is -1.79. The van der Waals surface area contributed by atoms with Gasteiger partial charge < -0.3 is 0 Å². The van der Waals surface area contributed by atoms with E-state index in [1.165, 1.54) is 0 Å². The van der Waals surface area contributed by atoms with Crippen LogP contribution in [-0.2, 0) is 0 Å². The average molecular weight is 134 g/mol. The molecule has 1 rings (SSSR count). The van der Waals surface area contributed by atoms with Crippen LogP contribution in [0, 0.1) is 0 Å². The van der Waals surface area contributed by atoms with Gasteiger partial charge in [0.15, 0.2) is 0 Å². The van der Waals surface area contributed by atoms with Crippen LogP contribution in [0.2, 0.25) is 0 Å². The van der Waals surface area contributed by atoms with Gasteiger partial charge in [-0.2, -0.15) is 5.10 Å².